The van der Waals surface area contributed by atoms with Crippen LogP contribution in [0.4, 0.5) is 10.1 Å². The van der Waals surface area contributed by atoms with Crippen molar-refractivity contribution in [1.29, 1.82) is 0 Å². The predicted molar refractivity (Wildman–Crippen MR) is 89.1 cm³/mol. The van der Waals surface area contributed by atoms with Crippen LogP contribution < -0.4 is 5.32 Å². The van der Waals surface area contributed by atoms with E-state index in [0.29, 0.717) is 22.4 Å². The molecule has 24 heavy (non-hydrogen) atoms. The molecule has 2 aromatic heterocycles. The summed E-state index contributed by atoms with van der Waals surface area (Å²) in [6.07, 6.45) is 1.56. The van der Waals surface area contributed by atoms with Crippen LogP contribution in [0.15, 0.2) is 52.2 Å². The lowest BCUT2D eigenvalue weighted by Gasteiger charge is -2.11. The molecule has 3 aromatic rings. The van der Waals surface area contributed by atoms with E-state index in [-0.39, 0.29) is 5.91 Å². The normalized spacial score (nSPS) is 12.1. The molecule has 1 N–H and O–H groups in total. The number of nitrogens with zero attached hydrogens (tertiary/aromatic N) is 3. The number of hydrogen-bond acceptors (Lipinski definition) is 5. The van der Waals surface area contributed by atoms with Crippen LogP contribution in [0, 0.1) is 5.82 Å². The molecule has 6 nitrogen and oxygen atoms in total. The molecular weight excluding hydrogens is 331 g/mol. The lowest BCUT2D eigenvalue weighted by molar-refractivity contribution is -0.115. The van der Waals surface area contributed by atoms with Gasteiger partial charge in [0.05, 0.1) is 11.5 Å². The Morgan fingerprint density at radius 2 is 2.17 bits per heavy atom. The number of rotatable bonds is 5. The maximum atomic E-state index is 13.2. The Hall–Kier alpha value is -2.61. The number of thioether (sulfide) groups is 1. The van der Waals surface area contributed by atoms with Crippen molar-refractivity contribution >= 4 is 23.4 Å². The van der Waals surface area contributed by atoms with Gasteiger partial charge >= 0.3 is 0 Å². The molecule has 1 aromatic carbocycles. The number of aromatic nitrogens is 3. The van der Waals surface area contributed by atoms with Crippen molar-refractivity contribution in [3.05, 3.63) is 48.5 Å². The number of nitrogens with one attached hydrogen (secondary N) is 1. The molecule has 0 aliphatic rings. The summed E-state index contributed by atoms with van der Waals surface area (Å²) >= 11 is 1.26. The molecule has 0 aliphatic heterocycles. The van der Waals surface area contributed by atoms with Gasteiger partial charge in [0, 0.05) is 12.7 Å². The smallest absolute Gasteiger partial charge is 0.237 e. The van der Waals surface area contributed by atoms with E-state index in [4.69, 9.17) is 4.42 Å². The quantitative estimate of drug-likeness (QED) is 0.717. The lowest BCUT2D eigenvalue weighted by atomic mass is 10.3. The van der Waals surface area contributed by atoms with E-state index in [9.17, 15) is 9.18 Å². The second-order valence-corrected chi connectivity index (χ2v) is 6.41. The van der Waals surface area contributed by atoms with Gasteiger partial charge in [-0.3, -0.25) is 4.79 Å². The summed E-state index contributed by atoms with van der Waals surface area (Å²) < 4.78 is 20.2. The van der Waals surface area contributed by atoms with Gasteiger partial charge in [0.1, 0.15) is 5.82 Å². The number of benzene rings is 1. The standard InChI is InChI=1S/C16H15FN4O2S/c1-10(15(22)18-12-6-3-5-11(17)9-12)24-16-20-19-14(21(16)2)13-7-4-8-23-13/h3-10H,1-2H3,(H,18,22)/t10-/m0/s1. The van der Waals surface area contributed by atoms with Crippen molar-refractivity contribution < 1.29 is 13.6 Å². The number of carbonyl (C=O) groups excluding carboxylic acids is 1. The van der Waals surface area contributed by atoms with Crippen molar-refractivity contribution in [2.24, 2.45) is 7.05 Å². The Bertz CT molecular complexity index is 848. The fourth-order valence-electron chi connectivity index (χ4n) is 2.06. The summed E-state index contributed by atoms with van der Waals surface area (Å²) in [6.45, 7) is 1.75. The summed E-state index contributed by atoms with van der Waals surface area (Å²) in [4.78, 5) is 12.2. The third-order valence-electron chi connectivity index (χ3n) is 3.32. The molecule has 0 spiro atoms. The Morgan fingerprint density at radius 1 is 1.33 bits per heavy atom. The van der Waals surface area contributed by atoms with Crippen LogP contribution in [-0.4, -0.2) is 25.9 Å². The molecule has 0 radical (unpaired) electrons. The molecule has 8 heteroatoms. The molecular formula is C16H15FN4O2S. The molecule has 0 fully saturated rings. The Kier molecular flexibility index (Phi) is 4.66. The number of halogens is 1. The topological polar surface area (TPSA) is 73.0 Å². The first-order chi connectivity index (χ1) is 11.5. The maximum absolute atomic E-state index is 13.2. The molecule has 124 valence electrons. The van der Waals surface area contributed by atoms with E-state index in [2.05, 4.69) is 15.5 Å². The minimum atomic E-state index is -0.430. The Labute approximate surface area is 142 Å². The van der Waals surface area contributed by atoms with E-state index in [0.717, 1.165) is 0 Å². The summed E-state index contributed by atoms with van der Waals surface area (Å²) in [5.41, 5.74) is 0.418. The fourth-order valence-corrected chi connectivity index (χ4v) is 2.87. The van der Waals surface area contributed by atoms with Gasteiger partial charge in [0.15, 0.2) is 16.7 Å². The highest BCUT2D eigenvalue weighted by Gasteiger charge is 2.20. The third kappa shape index (κ3) is 3.48. The molecule has 3 rings (SSSR count). The predicted octanol–water partition coefficient (Wildman–Crippen LogP) is 3.33. The second-order valence-electron chi connectivity index (χ2n) is 5.10. The van der Waals surface area contributed by atoms with E-state index in [1.807, 2.05) is 0 Å². The summed E-state index contributed by atoms with van der Waals surface area (Å²) in [6, 6.07) is 9.33. The SMILES string of the molecule is C[C@H](Sc1nnc(-c2ccco2)n1C)C(=O)Nc1cccc(F)c1. The van der Waals surface area contributed by atoms with Gasteiger partial charge in [-0.05, 0) is 37.3 Å². The van der Waals surface area contributed by atoms with Crippen molar-refractivity contribution in [2.45, 2.75) is 17.3 Å². The van der Waals surface area contributed by atoms with E-state index >= 15 is 0 Å². The molecule has 1 amide bonds. The number of amides is 1. The first-order valence-electron chi connectivity index (χ1n) is 7.21. The monoisotopic (exact) mass is 346 g/mol. The lowest BCUT2D eigenvalue weighted by Crippen LogP contribution is -2.22. The zero-order valence-corrected chi connectivity index (χ0v) is 13.9. The molecule has 0 unspecified atom stereocenters. The number of furan rings is 1. The Balaban J connectivity index is 1.68. The van der Waals surface area contributed by atoms with Gasteiger partial charge in [-0.25, -0.2) is 4.39 Å². The molecule has 0 saturated carbocycles. The highest BCUT2D eigenvalue weighted by Crippen LogP contribution is 2.26. The minimum Gasteiger partial charge on any atom is -0.461 e. The number of carbonyl (C=O) groups is 1. The summed E-state index contributed by atoms with van der Waals surface area (Å²) in [7, 11) is 1.80. The van der Waals surface area contributed by atoms with Crippen LogP contribution in [0.3, 0.4) is 0 Å². The summed E-state index contributed by atoms with van der Waals surface area (Å²) in [5, 5.41) is 11.0. The van der Waals surface area contributed by atoms with Crippen LogP contribution in [0.25, 0.3) is 11.6 Å². The third-order valence-corrected chi connectivity index (χ3v) is 4.45. The number of hydrogen-bond donors (Lipinski definition) is 1. The van der Waals surface area contributed by atoms with Crippen LogP contribution >= 0.6 is 11.8 Å². The van der Waals surface area contributed by atoms with E-state index in [1.54, 1.807) is 49.1 Å². The van der Waals surface area contributed by atoms with E-state index < -0.39 is 11.1 Å². The van der Waals surface area contributed by atoms with Crippen molar-refractivity contribution in [3.63, 3.8) is 0 Å². The molecule has 1 atom stereocenters. The first-order valence-corrected chi connectivity index (χ1v) is 8.09. The van der Waals surface area contributed by atoms with E-state index in [1.165, 1.54) is 23.9 Å². The van der Waals surface area contributed by atoms with Crippen LogP contribution in [-0.2, 0) is 11.8 Å². The Morgan fingerprint density at radius 3 is 2.88 bits per heavy atom. The second kappa shape index (κ2) is 6.88. The average molecular weight is 346 g/mol. The van der Waals surface area contributed by atoms with Crippen molar-refractivity contribution in [3.8, 4) is 11.6 Å². The van der Waals surface area contributed by atoms with Gasteiger partial charge < -0.3 is 14.3 Å². The minimum absolute atomic E-state index is 0.242. The van der Waals surface area contributed by atoms with Gasteiger partial charge in [0.2, 0.25) is 5.91 Å². The number of anilines is 1. The van der Waals surface area contributed by atoms with Gasteiger partial charge in [0.25, 0.3) is 0 Å². The average Bonchev–Trinajstić information content (AvgIpc) is 3.18. The highest BCUT2D eigenvalue weighted by atomic mass is 32.2. The maximum Gasteiger partial charge on any atom is 0.237 e. The molecule has 0 saturated heterocycles. The van der Waals surface area contributed by atoms with Gasteiger partial charge in [-0.2, -0.15) is 0 Å². The molecule has 0 aliphatic carbocycles. The molecule has 0 bridgehead atoms. The van der Waals surface area contributed by atoms with Crippen molar-refractivity contribution in [1.82, 2.24) is 14.8 Å². The van der Waals surface area contributed by atoms with Crippen LogP contribution in [0.1, 0.15) is 6.92 Å². The van der Waals surface area contributed by atoms with Gasteiger partial charge in [-0.15, -0.1) is 10.2 Å². The van der Waals surface area contributed by atoms with Crippen LogP contribution in [0.2, 0.25) is 0 Å². The summed E-state index contributed by atoms with van der Waals surface area (Å²) in [5.74, 6) is 0.548. The van der Waals surface area contributed by atoms with Crippen LogP contribution in [0.5, 0.6) is 0 Å². The zero-order chi connectivity index (χ0) is 17.1. The highest BCUT2D eigenvalue weighted by molar-refractivity contribution is 8.00. The van der Waals surface area contributed by atoms with Gasteiger partial charge in [-0.1, -0.05) is 17.8 Å². The largest absolute Gasteiger partial charge is 0.461 e. The fraction of sp³-hybridized carbons (Fsp3) is 0.188. The first kappa shape index (κ1) is 16.3. The molecule has 2 heterocycles. The van der Waals surface area contributed by atoms with Crippen molar-refractivity contribution in [2.75, 3.05) is 5.32 Å². The zero-order valence-electron chi connectivity index (χ0n) is 13.1.